The molecule has 142 valence electrons. The fourth-order valence-corrected chi connectivity index (χ4v) is 4.02. The molecule has 1 aromatic rings. The number of hydrogen-bond donors (Lipinski definition) is 1. The Kier molecular flexibility index (Phi) is 6.25. The third-order valence-electron chi connectivity index (χ3n) is 5.42. The summed E-state index contributed by atoms with van der Waals surface area (Å²) in [7, 11) is 0. The Morgan fingerprint density at radius 3 is 2.77 bits per heavy atom. The maximum atomic E-state index is 12.4. The summed E-state index contributed by atoms with van der Waals surface area (Å²) in [5, 5.41) is 3.79. The van der Waals surface area contributed by atoms with Crippen LogP contribution in [0.3, 0.4) is 0 Å². The molecule has 0 radical (unpaired) electrons. The number of hydrogen-bond acceptors (Lipinski definition) is 6. The number of anilines is 1. The first kappa shape index (κ1) is 18.8. The average molecular weight is 359 g/mol. The number of aromatic nitrogens is 1. The van der Waals surface area contributed by atoms with E-state index in [-0.39, 0.29) is 0 Å². The molecule has 1 saturated carbocycles. The molecule has 0 amide bonds. The topological polar surface area (TPSA) is 71.5 Å². The summed E-state index contributed by atoms with van der Waals surface area (Å²) >= 11 is 0. The van der Waals surface area contributed by atoms with Crippen molar-refractivity contribution < 1.29 is 14.3 Å². The van der Waals surface area contributed by atoms with Crippen molar-refractivity contribution in [2.75, 3.05) is 24.6 Å². The van der Waals surface area contributed by atoms with Crippen molar-refractivity contribution in [3.63, 3.8) is 0 Å². The van der Waals surface area contributed by atoms with Gasteiger partial charge in [0.15, 0.2) is 6.29 Å². The third kappa shape index (κ3) is 4.23. The molecular weight excluding hydrogens is 330 g/mol. The fourth-order valence-electron chi connectivity index (χ4n) is 4.02. The summed E-state index contributed by atoms with van der Waals surface area (Å²) in [4.78, 5) is 30.4. The molecule has 1 aliphatic carbocycles. The second-order valence-electron chi connectivity index (χ2n) is 7.31. The molecule has 1 N–H and O–H groups in total. The van der Waals surface area contributed by atoms with Gasteiger partial charge in [0.1, 0.15) is 11.4 Å². The number of esters is 1. The van der Waals surface area contributed by atoms with Crippen LogP contribution >= 0.6 is 0 Å². The molecule has 0 spiro atoms. The van der Waals surface area contributed by atoms with Gasteiger partial charge in [-0.15, -0.1) is 0 Å². The molecule has 6 nitrogen and oxygen atoms in total. The molecule has 1 aliphatic heterocycles. The maximum absolute atomic E-state index is 12.4. The summed E-state index contributed by atoms with van der Waals surface area (Å²) in [5.74, 6) is 0.223. The lowest BCUT2D eigenvalue weighted by molar-refractivity contribution is 0.0526. The van der Waals surface area contributed by atoms with E-state index >= 15 is 0 Å². The highest BCUT2D eigenvalue weighted by molar-refractivity contribution is 5.97. The summed E-state index contributed by atoms with van der Waals surface area (Å²) < 4.78 is 5.18. The summed E-state index contributed by atoms with van der Waals surface area (Å²) in [6.07, 6.45) is 8.28. The van der Waals surface area contributed by atoms with E-state index in [2.05, 4.69) is 15.2 Å². The van der Waals surface area contributed by atoms with E-state index in [1.165, 1.54) is 32.1 Å². The van der Waals surface area contributed by atoms with Crippen molar-refractivity contribution in [2.24, 2.45) is 0 Å². The summed E-state index contributed by atoms with van der Waals surface area (Å²) in [5.41, 5.74) is 1.47. The van der Waals surface area contributed by atoms with Gasteiger partial charge < -0.3 is 15.0 Å². The number of carbonyl (C=O) groups excluding carboxylic acids is 2. The van der Waals surface area contributed by atoms with E-state index in [0.29, 0.717) is 41.3 Å². The highest BCUT2D eigenvalue weighted by Crippen LogP contribution is 2.27. The van der Waals surface area contributed by atoms with Gasteiger partial charge in [0, 0.05) is 30.7 Å². The minimum Gasteiger partial charge on any atom is -0.462 e. The van der Waals surface area contributed by atoms with Crippen molar-refractivity contribution in [3.05, 3.63) is 22.9 Å². The Labute approximate surface area is 155 Å². The molecule has 6 heteroatoms. The molecular formula is C20H29N3O3. The second-order valence-corrected chi connectivity index (χ2v) is 7.31. The van der Waals surface area contributed by atoms with E-state index in [0.717, 1.165) is 25.8 Å². The van der Waals surface area contributed by atoms with Crippen molar-refractivity contribution >= 4 is 18.1 Å². The monoisotopic (exact) mass is 359 g/mol. The smallest absolute Gasteiger partial charge is 0.341 e. The van der Waals surface area contributed by atoms with Crippen LogP contribution in [0.25, 0.3) is 0 Å². The lowest BCUT2D eigenvalue weighted by Crippen LogP contribution is -2.41. The molecule has 0 bridgehead atoms. The van der Waals surface area contributed by atoms with E-state index in [4.69, 9.17) is 4.74 Å². The normalized spacial score (nSPS) is 21.0. The minimum atomic E-state index is -0.415. The maximum Gasteiger partial charge on any atom is 0.341 e. The second kappa shape index (κ2) is 8.62. The first-order valence-electron chi connectivity index (χ1n) is 9.77. The zero-order chi connectivity index (χ0) is 18.5. The standard InChI is InChI=1S/C20H29N3O3/c1-3-26-20(25)18-11-15(13-24)14(2)21-19(18)23-10-9-17(12-23)22-16-7-5-4-6-8-16/h11,13,16-17,22H,3-10,12H2,1-2H3. The first-order chi connectivity index (χ1) is 12.6. The number of aldehydes is 1. The van der Waals surface area contributed by atoms with Crippen molar-refractivity contribution in [2.45, 2.75) is 64.5 Å². The van der Waals surface area contributed by atoms with Crippen LogP contribution < -0.4 is 10.2 Å². The number of ether oxygens (including phenoxy) is 1. The Hall–Kier alpha value is -1.95. The fraction of sp³-hybridized carbons (Fsp3) is 0.650. The molecule has 2 fully saturated rings. The molecule has 1 saturated heterocycles. The molecule has 1 atom stereocenters. The van der Waals surface area contributed by atoms with Gasteiger partial charge in [0.2, 0.25) is 0 Å². The number of aryl methyl sites for hydroxylation is 1. The van der Waals surface area contributed by atoms with Gasteiger partial charge in [-0.2, -0.15) is 0 Å². The van der Waals surface area contributed by atoms with Gasteiger partial charge in [-0.3, -0.25) is 4.79 Å². The van der Waals surface area contributed by atoms with E-state index in [1.54, 1.807) is 19.9 Å². The van der Waals surface area contributed by atoms with Crippen LogP contribution in [-0.2, 0) is 4.74 Å². The predicted octanol–water partition coefficient (Wildman–Crippen LogP) is 2.88. The van der Waals surface area contributed by atoms with Gasteiger partial charge in [0.25, 0.3) is 0 Å². The van der Waals surface area contributed by atoms with E-state index in [9.17, 15) is 9.59 Å². The Morgan fingerprint density at radius 2 is 2.08 bits per heavy atom. The Bertz CT molecular complexity index is 656. The number of pyridine rings is 1. The highest BCUT2D eigenvalue weighted by atomic mass is 16.5. The highest BCUT2D eigenvalue weighted by Gasteiger charge is 2.29. The first-order valence-corrected chi connectivity index (χ1v) is 9.77. The number of nitrogens with zero attached hydrogens (tertiary/aromatic N) is 2. The number of carbonyl (C=O) groups is 2. The van der Waals surface area contributed by atoms with Crippen LogP contribution in [0, 0.1) is 6.92 Å². The molecule has 3 rings (SSSR count). The van der Waals surface area contributed by atoms with Crippen LogP contribution in [0.4, 0.5) is 5.82 Å². The van der Waals surface area contributed by atoms with Gasteiger partial charge in [0.05, 0.1) is 12.3 Å². The van der Waals surface area contributed by atoms with Gasteiger partial charge in [-0.1, -0.05) is 19.3 Å². The Morgan fingerprint density at radius 1 is 1.31 bits per heavy atom. The van der Waals surface area contributed by atoms with E-state index < -0.39 is 5.97 Å². The molecule has 0 aromatic carbocycles. The molecule has 1 unspecified atom stereocenters. The van der Waals surface area contributed by atoms with Crippen molar-refractivity contribution in [1.82, 2.24) is 10.3 Å². The van der Waals surface area contributed by atoms with Crippen molar-refractivity contribution in [1.29, 1.82) is 0 Å². The van der Waals surface area contributed by atoms with Crippen LogP contribution in [0.2, 0.25) is 0 Å². The molecule has 2 aliphatic rings. The number of rotatable bonds is 6. The van der Waals surface area contributed by atoms with Crippen LogP contribution in [0.1, 0.15) is 71.9 Å². The lowest BCUT2D eigenvalue weighted by Gasteiger charge is -2.27. The van der Waals surface area contributed by atoms with Gasteiger partial charge >= 0.3 is 5.97 Å². The Balaban J connectivity index is 1.76. The van der Waals surface area contributed by atoms with Crippen LogP contribution in [0.15, 0.2) is 6.07 Å². The zero-order valence-electron chi connectivity index (χ0n) is 15.8. The summed E-state index contributed by atoms with van der Waals surface area (Å²) in [6.45, 7) is 5.56. The van der Waals surface area contributed by atoms with Crippen LogP contribution in [0.5, 0.6) is 0 Å². The molecule has 26 heavy (non-hydrogen) atoms. The van der Waals surface area contributed by atoms with Crippen LogP contribution in [-0.4, -0.2) is 49.0 Å². The van der Waals surface area contributed by atoms with E-state index in [1.807, 2.05) is 0 Å². The van der Waals surface area contributed by atoms with Gasteiger partial charge in [-0.05, 0) is 39.2 Å². The van der Waals surface area contributed by atoms with Gasteiger partial charge in [-0.25, -0.2) is 9.78 Å². The quantitative estimate of drug-likeness (QED) is 0.622. The largest absolute Gasteiger partial charge is 0.462 e. The third-order valence-corrected chi connectivity index (χ3v) is 5.42. The minimum absolute atomic E-state index is 0.300. The lowest BCUT2D eigenvalue weighted by atomic mass is 9.95. The average Bonchev–Trinajstić information content (AvgIpc) is 3.10. The number of nitrogens with one attached hydrogen (secondary N) is 1. The zero-order valence-corrected chi connectivity index (χ0v) is 15.8. The van der Waals surface area contributed by atoms with Crippen molar-refractivity contribution in [3.8, 4) is 0 Å². The molecule has 2 heterocycles. The SMILES string of the molecule is CCOC(=O)c1cc(C=O)c(C)nc1N1CCC(NC2CCCCC2)C1. The summed E-state index contributed by atoms with van der Waals surface area (Å²) in [6, 6.07) is 2.65. The molecule has 1 aromatic heterocycles. The predicted molar refractivity (Wildman–Crippen MR) is 101 cm³/mol.